The van der Waals surface area contributed by atoms with Gasteiger partial charge in [0, 0.05) is 36.8 Å². The van der Waals surface area contributed by atoms with Crippen LogP contribution in [-0.2, 0) is 11.3 Å². The fourth-order valence-corrected chi connectivity index (χ4v) is 2.47. The van der Waals surface area contributed by atoms with Gasteiger partial charge in [-0.05, 0) is 46.3 Å². The Labute approximate surface area is 172 Å². The zero-order valence-electron chi connectivity index (χ0n) is 18.7. The summed E-state index contributed by atoms with van der Waals surface area (Å²) in [5, 5.41) is 0.738. The summed E-state index contributed by atoms with van der Waals surface area (Å²) < 4.78 is 11.2. The molecule has 1 aromatic carbocycles. The summed E-state index contributed by atoms with van der Waals surface area (Å²) in [5.41, 5.74) is 6.78. The summed E-state index contributed by atoms with van der Waals surface area (Å²) >= 11 is 6.07. The Morgan fingerprint density at radius 2 is 1.81 bits per heavy atom. The third-order valence-electron chi connectivity index (χ3n) is 3.20. The van der Waals surface area contributed by atoms with E-state index in [4.69, 9.17) is 26.8 Å². The van der Waals surface area contributed by atoms with E-state index >= 15 is 0 Å². The molecule has 1 saturated heterocycles. The molecule has 0 saturated carbocycles. The topological polar surface area (TPSA) is 51.0 Å². The average Bonchev–Trinajstić information content (AvgIpc) is 2.67. The Morgan fingerprint density at radius 3 is 2.33 bits per heavy atom. The number of nitrogens with two attached hydrogens (primary N) is 1. The Balaban J connectivity index is 0. The summed E-state index contributed by atoms with van der Waals surface area (Å²) in [6.45, 7) is 14.5. The van der Waals surface area contributed by atoms with Crippen molar-refractivity contribution in [2.75, 3.05) is 54.0 Å². The van der Waals surface area contributed by atoms with Gasteiger partial charge in [-0.1, -0.05) is 39.3 Å². The highest BCUT2D eigenvalue weighted by molar-refractivity contribution is 6.30. The van der Waals surface area contributed by atoms with Gasteiger partial charge >= 0.3 is 0 Å². The number of rotatable bonds is 5. The Morgan fingerprint density at radius 1 is 1.22 bits per heavy atom. The van der Waals surface area contributed by atoms with Crippen LogP contribution < -0.4 is 10.5 Å². The van der Waals surface area contributed by atoms with Gasteiger partial charge in [0.05, 0.1) is 19.3 Å². The van der Waals surface area contributed by atoms with Crippen molar-refractivity contribution >= 4 is 11.6 Å². The summed E-state index contributed by atoms with van der Waals surface area (Å²) in [5.74, 6) is 0.905. The van der Waals surface area contributed by atoms with Crippen LogP contribution in [0.2, 0.25) is 5.02 Å². The van der Waals surface area contributed by atoms with Crippen molar-refractivity contribution in [1.29, 1.82) is 0 Å². The second-order valence-electron chi connectivity index (χ2n) is 5.99. The SMILES string of the molecule is CC.CC.CCOc1ccc(Cl)cc1CN1CCOC(CN)C1.CN(C)C. The number of nitrogens with zero attached hydrogens (tertiary/aromatic N) is 2. The molecule has 2 rings (SSSR count). The Hall–Kier alpha value is -0.850. The van der Waals surface area contributed by atoms with Crippen molar-refractivity contribution in [3.05, 3.63) is 28.8 Å². The van der Waals surface area contributed by atoms with Crippen LogP contribution >= 0.6 is 11.6 Å². The smallest absolute Gasteiger partial charge is 0.123 e. The Kier molecular flexibility index (Phi) is 19.4. The van der Waals surface area contributed by atoms with Crippen LogP contribution in [0, 0.1) is 0 Å². The van der Waals surface area contributed by atoms with Gasteiger partial charge in [0.25, 0.3) is 0 Å². The molecule has 0 radical (unpaired) electrons. The molecule has 1 aliphatic rings. The molecule has 27 heavy (non-hydrogen) atoms. The zero-order valence-corrected chi connectivity index (χ0v) is 19.5. The molecule has 1 heterocycles. The molecule has 1 aromatic rings. The van der Waals surface area contributed by atoms with Crippen LogP contribution in [0.1, 0.15) is 40.2 Å². The van der Waals surface area contributed by atoms with E-state index in [9.17, 15) is 0 Å². The highest BCUT2D eigenvalue weighted by atomic mass is 35.5. The molecule has 6 heteroatoms. The lowest BCUT2D eigenvalue weighted by Crippen LogP contribution is -2.45. The Bertz CT molecular complexity index is 456. The molecule has 0 spiro atoms. The first-order valence-electron chi connectivity index (χ1n) is 10.0. The number of hydrogen-bond donors (Lipinski definition) is 1. The summed E-state index contributed by atoms with van der Waals surface area (Å²) in [7, 11) is 6.00. The van der Waals surface area contributed by atoms with Crippen LogP contribution in [-0.4, -0.2) is 69.9 Å². The maximum absolute atomic E-state index is 6.07. The van der Waals surface area contributed by atoms with Crippen molar-refractivity contribution in [1.82, 2.24) is 9.80 Å². The van der Waals surface area contributed by atoms with E-state index in [-0.39, 0.29) is 6.10 Å². The fourth-order valence-electron chi connectivity index (χ4n) is 2.28. The van der Waals surface area contributed by atoms with Crippen LogP contribution in [0.3, 0.4) is 0 Å². The monoisotopic (exact) mass is 403 g/mol. The van der Waals surface area contributed by atoms with Gasteiger partial charge in [-0.2, -0.15) is 0 Å². The van der Waals surface area contributed by atoms with Crippen molar-refractivity contribution in [3.63, 3.8) is 0 Å². The van der Waals surface area contributed by atoms with E-state index in [0.717, 1.165) is 42.6 Å². The lowest BCUT2D eigenvalue weighted by molar-refractivity contribution is -0.0262. The zero-order chi connectivity index (χ0) is 21.2. The van der Waals surface area contributed by atoms with E-state index < -0.39 is 0 Å². The molecule has 1 aliphatic heterocycles. The van der Waals surface area contributed by atoms with Gasteiger partial charge < -0.3 is 20.1 Å². The van der Waals surface area contributed by atoms with Crippen LogP contribution in [0.4, 0.5) is 0 Å². The minimum atomic E-state index is 0.128. The summed E-state index contributed by atoms with van der Waals surface area (Å²) in [6, 6.07) is 5.76. The molecular weight excluding hydrogens is 362 g/mol. The lowest BCUT2D eigenvalue weighted by Gasteiger charge is -2.32. The average molecular weight is 404 g/mol. The summed E-state index contributed by atoms with van der Waals surface area (Å²) in [4.78, 5) is 4.33. The maximum Gasteiger partial charge on any atom is 0.123 e. The maximum atomic E-state index is 6.07. The largest absolute Gasteiger partial charge is 0.494 e. The van der Waals surface area contributed by atoms with Gasteiger partial charge in [0.2, 0.25) is 0 Å². The normalized spacial score (nSPS) is 16.2. The highest BCUT2D eigenvalue weighted by Gasteiger charge is 2.20. The van der Waals surface area contributed by atoms with Crippen molar-refractivity contribution in [2.24, 2.45) is 5.73 Å². The van der Waals surface area contributed by atoms with Gasteiger partial charge in [0.1, 0.15) is 5.75 Å². The van der Waals surface area contributed by atoms with Gasteiger partial charge in [-0.15, -0.1) is 0 Å². The number of ether oxygens (including phenoxy) is 2. The second kappa shape index (κ2) is 18.5. The fraction of sp³-hybridized carbons (Fsp3) is 0.714. The molecule has 1 unspecified atom stereocenters. The highest BCUT2D eigenvalue weighted by Crippen LogP contribution is 2.25. The van der Waals surface area contributed by atoms with Crippen LogP contribution in [0.15, 0.2) is 18.2 Å². The van der Waals surface area contributed by atoms with Crippen LogP contribution in [0.5, 0.6) is 5.75 Å². The minimum Gasteiger partial charge on any atom is -0.494 e. The third kappa shape index (κ3) is 13.9. The molecule has 0 aromatic heterocycles. The molecule has 1 atom stereocenters. The van der Waals surface area contributed by atoms with Gasteiger partial charge in [-0.25, -0.2) is 0 Å². The molecular formula is C21H42ClN3O2. The number of hydrogen-bond acceptors (Lipinski definition) is 5. The van der Waals surface area contributed by atoms with Crippen LogP contribution in [0.25, 0.3) is 0 Å². The molecule has 160 valence electrons. The number of morpholine rings is 1. The van der Waals surface area contributed by atoms with E-state index in [0.29, 0.717) is 13.2 Å². The number of benzene rings is 1. The molecule has 2 N–H and O–H groups in total. The number of halogens is 1. The first-order valence-corrected chi connectivity index (χ1v) is 10.4. The quantitative estimate of drug-likeness (QED) is 0.800. The lowest BCUT2D eigenvalue weighted by atomic mass is 10.1. The van der Waals surface area contributed by atoms with E-state index in [2.05, 4.69) is 4.90 Å². The van der Waals surface area contributed by atoms with Crippen molar-refractivity contribution < 1.29 is 9.47 Å². The van der Waals surface area contributed by atoms with Crippen molar-refractivity contribution in [2.45, 2.75) is 47.3 Å². The molecule has 5 nitrogen and oxygen atoms in total. The first-order chi connectivity index (χ1) is 13.0. The van der Waals surface area contributed by atoms with E-state index in [1.807, 2.05) is 78.9 Å². The predicted molar refractivity (Wildman–Crippen MR) is 119 cm³/mol. The molecule has 0 amide bonds. The summed E-state index contributed by atoms with van der Waals surface area (Å²) in [6.07, 6.45) is 0.128. The molecule has 1 fully saturated rings. The predicted octanol–water partition coefficient (Wildman–Crippen LogP) is 4.13. The van der Waals surface area contributed by atoms with Crippen molar-refractivity contribution in [3.8, 4) is 5.75 Å². The van der Waals surface area contributed by atoms with E-state index in [1.165, 1.54) is 0 Å². The third-order valence-corrected chi connectivity index (χ3v) is 3.44. The standard InChI is InChI=1S/C14H21ClN2O2.C3H9N.2C2H6/c1-2-18-14-4-3-12(15)7-11(14)9-17-5-6-19-13(8-16)10-17;1-4(2)3;2*1-2/h3-4,7,13H,2,5-6,8-10,16H2,1H3;1-3H3;2*1-2H3. The second-order valence-corrected chi connectivity index (χ2v) is 6.43. The van der Waals surface area contributed by atoms with Gasteiger partial charge in [-0.3, -0.25) is 4.90 Å². The molecule has 0 bridgehead atoms. The first kappa shape index (κ1) is 28.4. The van der Waals surface area contributed by atoms with E-state index in [1.54, 1.807) is 0 Å². The molecule has 0 aliphatic carbocycles. The van der Waals surface area contributed by atoms with Gasteiger partial charge in [0.15, 0.2) is 0 Å². The minimum absolute atomic E-state index is 0.128.